The van der Waals surface area contributed by atoms with Gasteiger partial charge in [-0.1, -0.05) is 0 Å². The molecule has 2 rings (SSSR count). The monoisotopic (exact) mass is 317 g/mol. The minimum absolute atomic E-state index is 0.202. The summed E-state index contributed by atoms with van der Waals surface area (Å²) in [6, 6.07) is 3.05. The van der Waals surface area contributed by atoms with Crippen molar-refractivity contribution in [1.29, 1.82) is 0 Å². The minimum Gasteiger partial charge on any atom is -0.302 e. The molecule has 0 bridgehead atoms. The first-order chi connectivity index (χ1) is 9.81. The SMILES string of the molecule is CN(CCNS(=O)(=O)c1ccc([N+](=O)[O-])c(F)c1)C1CC1. The Labute approximate surface area is 122 Å². The highest BCUT2D eigenvalue weighted by Gasteiger charge is 2.26. The van der Waals surface area contributed by atoms with Gasteiger partial charge in [-0.05, 0) is 26.0 Å². The first kappa shape index (κ1) is 15.8. The average molecular weight is 317 g/mol. The van der Waals surface area contributed by atoms with Crippen molar-refractivity contribution in [3.8, 4) is 0 Å². The smallest absolute Gasteiger partial charge is 0.302 e. The zero-order valence-electron chi connectivity index (χ0n) is 11.5. The van der Waals surface area contributed by atoms with Gasteiger partial charge in [0.15, 0.2) is 0 Å². The number of nitrogens with zero attached hydrogens (tertiary/aromatic N) is 2. The normalized spacial score (nSPS) is 15.4. The van der Waals surface area contributed by atoms with E-state index in [1.54, 1.807) is 0 Å². The fraction of sp³-hybridized carbons (Fsp3) is 0.500. The van der Waals surface area contributed by atoms with Crippen LogP contribution >= 0.6 is 0 Å². The molecule has 1 aliphatic carbocycles. The highest BCUT2D eigenvalue weighted by Crippen LogP contribution is 2.24. The van der Waals surface area contributed by atoms with Crippen molar-refractivity contribution >= 4 is 15.7 Å². The second-order valence-corrected chi connectivity index (χ2v) is 6.75. The van der Waals surface area contributed by atoms with E-state index in [4.69, 9.17) is 0 Å². The van der Waals surface area contributed by atoms with Gasteiger partial charge in [-0.25, -0.2) is 13.1 Å². The zero-order chi connectivity index (χ0) is 15.6. The summed E-state index contributed by atoms with van der Waals surface area (Å²) >= 11 is 0. The largest absolute Gasteiger partial charge is 0.304 e. The fourth-order valence-corrected chi connectivity index (χ4v) is 2.97. The Morgan fingerprint density at radius 2 is 2.14 bits per heavy atom. The van der Waals surface area contributed by atoms with Gasteiger partial charge in [0.25, 0.3) is 0 Å². The van der Waals surface area contributed by atoms with Crippen LogP contribution in [0.2, 0.25) is 0 Å². The molecule has 7 nitrogen and oxygen atoms in total. The molecule has 21 heavy (non-hydrogen) atoms. The van der Waals surface area contributed by atoms with E-state index in [9.17, 15) is 22.9 Å². The van der Waals surface area contributed by atoms with Gasteiger partial charge >= 0.3 is 5.69 Å². The van der Waals surface area contributed by atoms with Gasteiger partial charge in [0.05, 0.1) is 9.82 Å². The van der Waals surface area contributed by atoms with E-state index in [0.717, 1.165) is 25.0 Å². The summed E-state index contributed by atoms with van der Waals surface area (Å²) in [7, 11) is -1.95. The first-order valence-corrected chi connectivity index (χ1v) is 7.93. The van der Waals surface area contributed by atoms with Crippen LogP contribution in [0.25, 0.3) is 0 Å². The van der Waals surface area contributed by atoms with Gasteiger partial charge in [-0.15, -0.1) is 0 Å². The molecule has 0 saturated heterocycles. The molecule has 9 heteroatoms. The topological polar surface area (TPSA) is 92.6 Å². The van der Waals surface area contributed by atoms with Crippen LogP contribution in [0.15, 0.2) is 23.1 Å². The Bertz CT molecular complexity index is 646. The lowest BCUT2D eigenvalue weighted by Crippen LogP contribution is -2.34. The van der Waals surface area contributed by atoms with E-state index in [1.165, 1.54) is 0 Å². The number of nitrogens with one attached hydrogen (secondary N) is 1. The molecule has 0 aromatic heterocycles. The Morgan fingerprint density at radius 1 is 1.48 bits per heavy atom. The van der Waals surface area contributed by atoms with Crippen LogP contribution < -0.4 is 4.72 Å². The number of likely N-dealkylation sites (N-methyl/N-ethyl adjacent to an activating group) is 1. The molecule has 1 aromatic rings. The maximum absolute atomic E-state index is 13.5. The van der Waals surface area contributed by atoms with E-state index >= 15 is 0 Å². The molecular weight excluding hydrogens is 301 g/mol. The minimum atomic E-state index is -3.87. The van der Waals surface area contributed by atoms with Gasteiger partial charge in [0.1, 0.15) is 0 Å². The number of benzene rings is 1. The predicted molar refractivity (Wildman–Crippen MR) is 73.9 cm³/mol. The summed E-state index contributed by atoms with van der Waals surface area (Å²) in [4.78, 5) is 11.3. The van der Waals surface area contributed by atoms with Crippen LogP contribution in [0, 0.1) is 15.9 Å². The first-order valence-electron chi connectivity index (χ1n) is 6.45. The maximum Gasteiger partial charge on any atom is 0.304 e. The summed E-state index contributed by atoms with van der Waals surface area (Å²) < 4.78 is 39.7. The van der Waals surface area contributed by atoms with Crippen LogP contribution in [-0.4, -0.2) is 44.4 Å². The molecular formula is C12H16FN3O4S. The number of sulfonamides is 1. The standard InChI is InChI=1S/C12H16FN3O4S/c1-15(9-2-3-9)7-6-14-21(19,20)10-4-5-12(16(17)18)11(13)8-10/h4-5,8-9,14H,2-3,6-7H2,1H3. The summed E-state index contributed by atoms with van der Waals surface area (Å²) in [5, 5.41) is 10.5. The Hall–Kier alpha value is -1.58. The van der Waals surface area contributed by atoms with E-state index < -0.39 is 26.5 Å². The highest BCUT2D eigenvalue weighted by molar-refractivity contribution is 7.89. The molecule has 1 N–H and O–H groups in total. The van der Waals surface area contributed by atoms with Gasteiger partial charge in [-0.2, -0.15) is 4.39 Å². The Kier molecular flexibility index (Phi) is 4.55. The van der Waals surface area contributed by atoms with Crippen molar-refractivity contribution in [1.82, 2.24) is 9.62 Å². The number of nitro benzene ring substituents is 1. The Morgan fingerprint density at radius 3 is 2.67 bits per heavy atom. The van der Waals surface area contributed by atoms with Crippen molar-refractivity contribution < 1.29 is 17.7 Å². The van der Waals surface area contributed by atoms with Gasteiger partial charge in [-0.3, -0.25) is 10.1 Å². The number of halogens is 1. The average Bonchev–Trinajstić information content (AvgIpc) is 3.22. The van der Waals surface area contributed by atoms with Crippen LogP contribution in [0.1, 0.15) is 12.8 Å². The number of hydrogen-bond donors (Lipinski definition) is 1. The Balaban J connectivity index is 2.01. The van der Waals surface area contributed by atoms with Crippen molar-refractivity contribution in [2.45, 2.75) is 23.8 Å². The summed E-state index contributed by atoms with van der Waals surface area (Å²) in [5.74, 6) is -1.17. The molecule has 1 aliphatic rings. The third-order valence-corrected chi connectivity index (χ3v) is 4.81. The molecule has 1 fully saturated rings. The third kappa shape index (κ3) is 3.96. The highest BCUT2D eigenvalue weighted by atomic mass is 32.2. The van der Waals surface area contributed by atoms with Gasteiger partial charge in [0, 0.05) is 31.3 Å². The van der Waals surface area contributed by atoms with Gasteiger partial charge < -0.3 is 4.90 Å². The van der Waals surface area contributed by atoms with Crippen molar-refractivity contribution in [3.63, 3.8) is 0 Å². The van der Waals surface area contributed by atoms with Crippen LogP contribution in [0.4, 0.5) is 10.1 Å². The van der Waals surface area contributed by atoms with Crippen LogP contribution in [0.3, 0.4) is 0 Å². The lowest BCUT2D eigenvalue weighted by atomic mass is 10.3. The second kappa shape index (κ2) is 6.04. The molecule has 116 valence electrons. The van der Waals surface area contributed by atoms with Gasteiger partial charge in [0.2, 0.25) is 15.8 Å². The molecule has 0 heterocycles. The summed E-state index contributed by atoms with van der Waals surface area (Å²) in [6.07, 6.45) is 2.24. The lowest BCUT2D eigenvalue weighted by molar-refractivity contribution is -0.387. The second-order valence-electron chi connectivity index (χ2n) is 4.98. The molecule has 1 saturated carbocycles. The van der Waals surface area contributed by atoms with E-state index in [0.29, 0.717) is 18.7 Å². The zero-order valence-corrected chi connectivity index (χ0v) is 12.3. The molecule has 0 atom stereocenters. The molecule has 1 aromatic carbocycles. The number of nitro groups is 1. The molecule has 0 aliphatic heterocycles. The van der Waals surface area contributed by atoms with Crippen molar-refractivity contribution in [2.75, 3.05) is 20.1 Å². The fourth-order valence-electron chi connectivity index (χ4n) is 1.94. The quantitative estimate of drug-likeness (QED) is 0.600. The van der Waals surface area contributed by atoms with Crippen LogP contribution in [-0.2, 0) is 10.0 Å². The third-order valence-electron chi connectivity index (χ3n) is 3.35. The van der Waals surface area contributed by atoms with Crippen LogP contribution in [0.5, 0.6) is 0 Å². The molecule has 0 unspecified atom stereocenters. The maximum atomic E-state index is 13.5. The summed E-state index contributed by atoms with van der Waals surface area (Å²) in [6.45, 7) is 0.757. The van der Waals surface area contributed by atoms with E-state index in [-0.39, 0.29) is 11.4 Å². The molecule has 0 amide bonds. The summed E-state index contributed by atoms with van der Waals surface area (Å²) in [5.41, 5.74) is -0.748. The number of rotatable bonds is 7. The molecule has 0 spiro atoms. The van der Waals surface area contributed by atoms with E-state index in [1.807, 2.05) is 7.05 Å². The lowest BCUT2D eigenvalue weighted by Gasteiger charge is -2.15. The van der Waals surface area contributed by atoms with E-state index in [2.05, 4.69) is 9.62 Å². The molecule has 0 radical (unpaired) electrons. The van der Waals surface area contributed by atoms with Crippen molar-refractivity contribution in [3.05, 3.63) is 34.1 Å². The number of hydrogen-bond acceptors (Lipinski definition) is 5. The predicted octanol–water partition coefficient (Wildman–Crippen LogP) is 1.11. The van der Waals surface area contributed by atoms with Crippen molar-refractivity contribution in [2.24, 2.45) is 0 Å².